The van der Waals surface area contributed by atoms with Gasteiger partial charge in [0.25, 0.3) is 0 Å². The third-order valence-electron chi connectivity index (χ3n) is 11.4. The summed E-state index contributed by atoms with van der Waals surface area (Å²) in [7, 11) is 0. The molecule has 0 aliphatic carbocycles. The monoisotopic (exact) mass is 814 g/mol. The van der Waals surface area contributed by atoms with Crippen molar-refractivity contribution < 1.29 is 23.5 Å². The fourth-order valence-corrected chi connectivity index (χ4v) is 8.11. The maximum absolute atomic E-state index is 13.8. The number of aryl methyl sites for hydroxylation is 1. The van der Waals surface area contributed by atoms with Crippen LogP contribution in [0.2, 0.25) is 0 Å². The summed E-state index contributed by atoms with van der Waals surface area (Å²) in [6.45, 7) is 7.20. The van der Waals surface area contributed by atoms with Gasteiger partial charge in [-0.3, -0.25) is 0 Å². The molecule has 0 amide bonds. The van der Waals surface area contributed by atoms with Crippen LogP contribution < -0.4 is 5.82 Å². The molecule has 1 N–H and O–H groups in total. The highest BCUT2D eigenvalue weighted by Crippen LogP contribution is 2.43. The first-order valence-corrected chi connectivity index (χ1v) is 20.3. The van der Waals surface area contributed by atoms with Gasteiger partial charge in [-0.1, -0.05) is 153 Å². The number of aromatic nitrogens is 6. The number of nitrogens with zero attached hydrogens (tertiary/aromatic N) is 6. The quantitative estimate of drug-likeness (QED) is 0.0785. The number of benzene rings is 5. The topological polar surface area (TPSA) is 151 Å². The molecule has 8 rings (SSSR count). The van der Waals surface area contributed by atoms with E-state index in [4.69, 9.17) is 23.9 Å². The third-order valence-corrected chi connectivity index (χ3v) is 11.4. The summed E-state index contributed by atoms with van der Waals surface area (Å²) in [5.74, 6) is -0.823. The Morgan fingerprint density at radius 3 is 1.93 bits per heavy atom. The number of tetrazole rings is 1. The number of ether oxygens (including phenoxy) is 1. The van der Waals surface area contributed by atoms with Crippen LogP contribution in [0.25, 0.3) is 22.5 Å². The summed E-state index contributed by atoms with van der Waals surface area (Å²) in [6, 6.07) is 47.1. The average molecular weight is 815 g/mol. The van der Waals surface area contributed by atoms with Crippen molar-refractivity contribution >= 4 is 5.97 Å². The largest absolute Gasteiger partial charge is 0.519 e. The molecule has 2 unspecified atom stereocenters. The minimum Gasteiger partial charge on any atom is -0.453 e. The van der Waals surface area contributed by atoms with Gasteiger partial charge in [0.15, 0.2) is 29.6 Å². The first-order chi connectivity index (χ1) is 29.6. The zero-order valence-electron chi connectivity index (χ0n) is 34.4. The Kier molecular flexibility index (Phi) is 11.4. The van der Waals surface area contributed by atoms with Gasteiger partial charge < -0.3 is 23.2 Å². The Labute approximate surface area is 353 Å². The van der Waals surface area contributed by atoms with Gasteiger partial charge in [-0.2, -0.15) is 0 Å². The van der Waals surface area contributed by atoms with Crippen LogP contribution in [-0.2, 0) is 23.4 Å². The van der Waals surface area contributed by atoms with Gasteiger partial charge in [0, 0.05) is 18.0 Å². The average Bonchev–Trinajstić information content (AvgIpc) is 4.03. The molecule has 0 spiro atoms. The second-order valence-electron chi connectivity index (χ2n) is 15.5. The lowest BCUT2D eigenvalue weighted by atomic mass is 9.77. The molecule has 61 heavy (non-hydrogen) atoms. The zero-order chi connectivity index (χ0) is 42.6. The Morgan fingerprint density at radius 1 is 0.803 bits per heavy atom. The number of esters is 1. The van der Waals surface area contributed by atoms with Crippen molar-refractivity contribution in [2.75, 3.05) is 0 Å². The molecular weight excluding hydrogens is 769 g/mol. The smallest absolute Gasteiger partial charge is 0.453 e. The van der Waals surface area contributed by atoms with Gasteiger partial charge in [0.05, 0.1) is 17.6 Å². The molecule has 0 aliphatic rings. The highest BCUT2D eigenvalue weighted by Gasteiger charge is 2.42. The zero-order valence-corrected chi connectivity index (χ0v) is 34.4. The van der Waals surface area contributed by atoms with Gasteiger partial charge >= 0.3 is 11.8 Å². The van der Waals surface area contributed by atoms with E-state index in [-0.39, 0.29) is 29.7 Å². The molecule has 0 saturated carbocycles. The molecule has 2 atom stereocenters. The minimum atomic E-state index is -0.955. The van der Waals surface area contributed by atoms with Gasteiger partial charge in [-0.15, -0.1) is 5.10 Å². The summed E-state index contributed by atoms with van der Waals surface area (Å²) in [5, 5.41) is 24.7. The molecule has 3 aromatic heterocycles. The number of carbonyl (C=O) groups is 1. The van der Waals surface area contributed by atoms with Crippen molar-refractivity contribution in [3.63, 3.8) is 0 Å². The first kappa shape index (κ1) is 40.6. The Bertz CT molecular complexity index is 2690. The van der Waals surface area contributed by atoms with Crippen molar-refractivity contribution in [2.24, 2.45) is 0 Å². The number of hydrogen-bond acceptors (Lipinski definition) is 10. The standard InChI is InChI=1S/C49H46N6O6/c1-5-48(4,58)29-33(2)43-44(46(56)59-31-42-34(3)60-47(57)61-42)54(32-50-43)30-35-25-27-36(28-26-35)40-23-15-16-24-41(40)45-51-52-53-55(45)49(37-17-9-6-10-18-37,38-19-11-7-12-20-38)39-21-13-8-14-22-39/h6-28,32-33,58H,5,29-31H2,1-4H3. The van der Waals surface area contributed by atoms with E-state index in [0.29, 0.717) is 30.9 Å². The fraction of sp³-hybridized carbons (Fsp3) is 0.224. The fourth-order valence-electron chi connectivity index (χ4n) is 8.11. The number of carbonyl (C=O) groups excluding carboxylic acids is 1. The Hall–Kier alpha value is -7.18. The van der Waals surface area contributed by atoms with Crippen molar-refractivity contribution in [1.82, 2.24) is 29.8 Å². The van der Waals surface area contributed by atoms with E-state index in [1.165, 1.54) is 0 Å². The predicted molar refractivity (Wildman–Crippen MR) is 230 cm³/mol. The van der Waals surface area contributed by atoms with Crippen LogP contribution >= 0.6 is 0 Å². The molecular formula is C49H46N6O6. The van der Waals surface area contributed by atoms with Gasteiger partial charge in [-0.25, -0.2) is 19.3 Å². The molecule has 0 fully saturated rings. The predicted octanol–water partition coefficient (Wildman–Crippen LogP) is 8.96. The molecule has 12 heteroatoms. The van der Waals surface area contributed by atoms with E-state index in [9.17, 15) is 14.7 Å². The van der Waals surface area contributed by atoms with Crippen molar-refractivity contribution in [3.8, 4) is 22.5 Å². The SMILES string of the molecule is CCC(C)(O)CC(C)c1ncn(Cc2ccc(-c3ccccc3-c3nnnn3C(c3ccccc3)(c3ccccc3)c3ccccc3)cc2)c1C(=O)OCc1oc(=O)oc1C. The molecule has 8 aromatic rings. The second-order valence-corrected chi connectivity index (χ2v) is 15.5. The summed E-state index contributed by atoms with van der Waals surface area (Å²) in [6.07, 6.45) is 2.54. The van der Waals surface area contributed by atoms with Gasteiger partial charge in [-0.05, 0) is 70.5 Å². The van der Waals surface area contributed by atoms with E-state index in [1.807, 2.05) is 116 Å². The number of imidazole rings is 1. The van der Waals surface area contributed by atoms with Crippen LogP contribution in [-0.4, -0.2) is 46.4 Å². The van der Waals surface area contributed by atoms with Crippen LogP contribution in [0, 0.1) is 6.92 Å². The highest BCUT2D eigenvalue weighted by molar-refractivity contribution is 5.89. The van der Waals surface area contributed by atoms with Crippen molar-refractivity contribution in [2.45, 2.75) is 70.7 Å². The Morgan fingerprint density at radius 2 is 1.38 bits per heavy atom. The van der Waals surface area contributed by atoms with E-state index >= 15 is 0 Å². The molecule has 5 aromatic carbocycles. The van der Waals surface area contributed by atoms with Gasteiger partial charge in [0.2, 0.25) is 0 Å². The molecule has 0 saturated heterocycles. The maximum atomic E-state index is 13.8. The second kappa shape index (κ2) is 17.2. The minimum absolute atomic E-state index is 0.128. The van der Waals surface area contributed by atoms with Crippen LogP contribution in [0.5, 0.6) is 0 Å². The van der Waals surface area contributed by atoms with E-state index in [2.05, 4.69) is 52.7 Å². The molecule has 0 aliphatic heterocycles. The molecule has 0 bridgehead atoms. The number of rotatable bonds is 15. The molecule has 3 heterocycles. The molecule has 0 radical (unpaired) electrons. The van der Waals surface area contributed by atoms with E-state index < -0.39 is 22.9 Å². The number of hydrogen-bond donors (Lipinski definition) is 1. The lowest BCUT2D eigenvalue weighted by molar-refractivity contribution is 0.0380. The van der Waals surface area contributed by atoms with Crippen molar-refractivity contribution in [1.29, 1.82) is 0 Å². The van der Waals surface area contributed by atoms with Crippen LogP contribution in [0.3, 0.4) is 0 Å². The summed E-state index contributed by atoms with van der Waals surface area (Å²) < 4.78 is 19.4. The third kappa shape index (κ3) is 8.09. The van der Waals surface area contributed by atoms with Gasteiger partial charge in [0.1, 0.15) is 5.54 Å². The van der Waals surface area contributed by atoms with E-state index in [1.54, 1.807) is 24.7 Å². The lowest BCUT2D eigenvalue weighted by Gasteiger charge is -2.36. The van der Waals surface area contributed by atoms with Crippen molar-refractivity contribution in [3.05, 3.63) is 202 Å². The van der Waals surface area contributed by atoms with Crippen LogP contribution in [0.1, 0.15) is 89.5 Å². The normalized spacial score (nSPS) is 13.1. The maximum Gasteiger partial charge on any atom is 0.519 e. The summed E-state index contributed by atoms with van der Waals surface area (Å²) in [4.78, 5) is 30.1. The lowest BCUT2D eigenvalue weighted by Crippen LogP contribution is -2.39. The van der Waals surface area contributed by atoms with Crippen LogP contribution in [0.15, 0.2) is 159 Å². The Balaban J connectivity index is 1.15. The molecule has 12 nitrogen and oxygen atoms in total. The highest BCUT2D eigenvalue weighted by atomic mass is 16.6. The van der Waals surface area contributed by atoms with E-state index in [0.717, 1.165) is 38.9 Å². The first-order valence-electron chi connectivity index (χ1n) is 20.3. The number of aliphatic hydroxyl groups is 1. The molecule has 308 valence electrons. The van der Waals surface area contributed by atoms with Crippen LogP contribution in [0.4, 0.5) is 0 Å². The summed E-state index contributed by atoms with van der Waals surface area (Å²) in [5.41, 5.74) is 5.51. The summed E-state index contributed by atoms with van der Waals surface area (Å²) >= 11 is 0.